The van der Waals surface area contributed by atoms with Crippen LogP contribution in [0.25, 0.3) is 0 Å². The van der Waals surface area contributed by atoms with Crippen LogP contribution in [0.2, 0.25) is 0 Å². The first-order valence-corrected chi connectivity index (χ1v) is 7.16. The first-order valence-electron chi connectivity index (χ1n) is 7.16. The fraction of sp³-hybridized carbons (Fsp3) is 0.600. The van der Waals surface area contributed by atoms with Gasteiger partial charge in [-0.25, -0.2) is 0 Å². The molecule has 0 amide bonds. The predicted molar refractivity (Wildman–Crippen MR) is 80.2 cm³/mol. The van der Waals surface area contributed by atoms with Gasteiger partial charge in [-0.2, -0.15) is 0 Å². The predicted octanol–water partition coefficient (Wildman–Crippen LogP) is 0.873. The van der Waals surface area contributed by atoms with Crippen LogP contribution >= 0.6 is 0 Å². The molecule has 2 N–H and O–H groups in total. The van der Waals surface area contributed by atoms with E-state index in [4.69, 9.17) is 24.7 Å². The summed E-state index contributed by atoms with van der Waals surface area (Å²) in [4.78, 5) is 2.32. The molecule has 1 aromatic carbocycles. The summed E-state index contributed by atoms with van der Waals surface area (Å²) in [5.74, 6) is 1.93. The van der Waals surface area contributed by atoms with Gasteiger partial charge in [-0.3, -0.25) is 4.90 Å². The maximum absolute atomic E-state index is 5.88. The van der Waals surface area contributed by atoms with Gasteiger partial charge in [0.05, 0.1) is 27.4 Å². The highest BCUT2D eigenvalue weighted by Gasteiger charge is 2.15. The standard InChI is InChI=1S/C15H24N2O4/c1-18-13-9-12(11-16)10-14(19-2)15(13)21-8-5-17-3-6-20-7-4-17/h9-10H,3-8,11,16H2,1-2H3. The van der Waals surface area contributed by atoms with Crippen LogP contribution in [0.1, 0.15) is 5.56 Å². The third-order valence-corrected chi connectivity index (χ3v) is 3.51. The SMILES string of the molecule is COc1cc(CN)cc(OC)c1OCCN1CCOCC1. The maximum atomic E-state index is 5.88. The number of nitrogens with zero attached hydrogens (tertiary/aromatic N) is 1. The third-order valence-electron chi connectivity index (χ3n) is 3.51. The van der Waals surface area contributed by atoms with E-state index in [9.17, 15) is 0 Å². The minimum absolute atomic E-state index is 0.431. The number of hydrogen-bond donors (Lipinski definition) is 1. The van der Waals surface area contributed by atoms with Gasteiger partial charge in [-0.1, -0.05) is 0 Å². The van der Waals surface area contributed by atoms with Crippen LogP contribution in [0.15, 0.2) is 12.1 Å². The Morgan fingerprint density at radius 1 is 1.14 bits per heavy atom. The Hall–Kier alpha value is -1.50. The minimum Gasteiger partial charge on any atom is -0.493 e. The number of methoxy groups -OCH3 is 2. The van der Waals surface area contributed by atoms with E-state index in [0.717, 1.165) is 38.4 Å². The lowest BCUT2D eigenvalue weighted by Crippen LogP contribution is -2.38. The summed E-state index contributed by atoms with van der Waals surface area (Å²) >= 11 is 0. The summed E-state index contributed by atoms with van der Waals surface area (Å²) in [6.07, 6.45) is 0. The molecule has 21 heavy (non-hydrogen) atoms. The molecule has 0 spiro atoms. The molecule has 1 saturated heterocycles. The molecule has 6 heteroatoms. The summed E-state index contributed by atoms with van der Waals surface area (Å²) in [5.41, 5.74) is 6.62. The highest BCUT2D eigenvalue weighted by atomic mass is 16.5. The Morgan fingerprint density at radius 2 is 1.76 bits per heavy atom. The van der Waals surface area contributed by atoms with Crippen LogP contribution in [-0.2, 0) is 11.3 Å². The second-order valence-electron chi connectivity index (χ2n) is 4.84. The average Bonchev–Trinajstić information content (AvgIpc) is 2.55. The van der Waals surface area contributed by atoms with Crippen molar-refractivity contribution in [3.05, 3.63) is 17.7 Å². The van der Waals surface area contributed by atoms with Gasteiger partial charge in [0, 0.05) is 26.2 Å². The lowest BCUT2D eigenvalue weighted by molar-refractivity contribution is 0.0319. The molecule has 0 atom stereocenters. The van der Waals surface area contributed by atoms with E-state index >= 15 is 0 Å². The summed E-state index contributed by atoms with van der Waals surface area (Å²) in [6, 6.07) is 3.76. The normalized spacial score (nSPS) is 15.8. The van der Waals surface area contributed by atoms with Gasteiger partial charge in [-0.15, -0.1) is 0 Å². The van der Waals surface area contributed by atoms with Crippen LogP contribution in [0.5, 0.6) is 17.2 Å². The zero-order valence-electron chi connectivity index (χ0n) is 12.8. The van der Waals surface area contributed by atoms with Gasteiger partial charge in [0.15, 0.2) is 11.5 Å². The first-order chi connectivity index (χ1) is 10.3. The van der Waals surface area contributed by atoms with Crippen molar-refractivity contribution in [2.75, 3.05) is 53.7 Å². The number of hydrogen-bond acceptors (Lipinski definition) is 6. The monoisotopic (exact) mass is 296 g/mol. The van der Waals surface area contributed by atoms with Crippen molar-refractivity contribution < 1.29 is 18.9 Å². The lowest BCUT2D eigenvalue weighted by Gasteiger charge is -2.26. The van der Waals surface area contributed by atoms with E-state index in [1.807, 2.05) is 12.1 Å². The smallest absolute Gasteiger partial charge is 0.203 e. The molecule has 0 aliphatic carbocycles. The van der Waals surface area contributed by atoms with E-state index in [-0.39, 0.29) is 0 Å². The zero-order valence-corrected chi connectivity index (χ0v) is 12.8. The Labute approximate surface area is 125 Å². The molecule has 0 saturated carbocycles. The molecule has 118 valence electrons. The summed E-state index contributed by atoms with van der Waals surface area (Å²) in [7, 11) is 3.23. The maximum Gasteiger partial charge on any atom is 0.203 e. The van der Waals surface area contributed by atoms with Crippen molar-refractivity contribution in [1.82, 2.24) is 4.90 Å². The Morgan fingerprint density at radius 3 is 2.29 bits per heavy atom. The molecule has 6 nitrogen and oxygen atoms in total. The molecule has 0 unspecified atom stereocenters. The number of nitrogens with two attached hydrogens (primary N) is 1. The van der Waals surface area contributed by atoms with Gasteiger partial charge in [0.2, 0.25) is 5.75 Å². The Kier molecular flexibility index (Phi) is 6.10. The minimum atomic E-state index is 0.431. The van der Waals surface area contributed by atoms with Gasteiger partial charge in [0.1, 0.15) is 6.61 Å². The molecule has 0 bridgehead atoms. The number of rotatable bonds is 7. The fourth-order valence-corrected chi connectivity index (χ4v) is 2.30. The second-order valence-corrected chi connectivity index (χ2v) is 4.84. The molecule has 0 aromatic heterocycles. The number of morpholine rings is 1. The molecule has 1 fully saturated rings. The van der Waals surface area contributed by atoms with E-state index in [0.29, 0.717) is 30.4 Å². The van der Waals surface area contributed by atoms with E-state index < -0.39 is 0 Å². The summed E-state index contributed by atoms with van der Waals surface area (Å²) in [5, 5.41) is 0. The van der Waals surface area contributed by atoms with Crippen LogP contribution in [0.4, 0.5) is 0 Å². The topological polar surface area (TPSA) is 66.2 Å². The molecular weight excluding hydrogens is 272 g/mol. The molecular formula is C15H24N2O4. The van der Waals surface area contributed by atoms with Gasteiger partial charge < -0.3 is 24.7 Å². The largest absolute Gasteiger partial charge is 0.493 e. The van der Waals surface area contributed by atoms with E-state index in [1.165, 1.54) is 0 Å². The number of ether oxygens (including phenoxy) is 4. The van der Waals surface area contributed by atoms with Gasteiger partial charge in [0.25, 0.3) is 0 Å². The molecule has 2 rings (SSSR count). The Balaban J connectivity index is 2.00. The number of benzene rings is 1. The molecule has 1 aliphatic heterocycles. The molecule has 1 heterocycles. The molecule has 1 aliphatic rings. The highest BCUT2D eigenvalue weighted by Crippen LogP contribution is 2.38. The first kappa shape index (κ1) is 15.9. The van der Waals surface area contributed by atoms with Crippen molar-refractivity contribution in [2.24, 2.45) is 5.73 Å². The molecule has 0 radical (unpaired) electrons. The van der Waals surface area contributed by atoms with Gasteiger partial charge in [-0.05, 0) is 17.7 Å². The van der Waals surface area contributed by atoms with Crippen molar-refractivity contribution in [1.29, 1.82) is 0 Å². The lowest BCUT2D eigenvalue weighted by atomic mass is 10.2. The van der Waals surface area contributed by atoms with Crippen molar-refractivity contribution in [2.45, 2.75) is 6.54 Å². The zero-order chi connectivity index (χ0) is 15.1. The fourth-order valence-electron chi connectivity index (χ4n) is 2.30. The average molecular weight is 296 g/mol. The second kappa shape index (κ2) is 8.07. The van der Waals surface area contributed by atoms with Crippen LogP contribution in [-0.4, -0.2) is 58.6 Å². The summed E-state index contributed by atoms with van der Waals surface area (Å²) in [6.45, 7) is 5.34. The third kappa shape index (κ3) is 4.23. The van der Waals surface area contributed by atoms with Crippen LogP contribution in [0.3, 0.4) is 0 Å². The van der Waals surface area contributed by atoms with Crippen molar-refractivity contribution >= 4 is 0 Å². The highest BCUT2D eigenvalue weighted by molar-refractivity contribution is 5.53. The summed E-state index contributed by atoms with van der Waals surface area (Å²) < 4.78 is 22.0. The van der Waals surface area contributed by atoms with Crippen LogP contribution in [0, 0.1) is 0 Å². The molecule has 1 aromatic rings. The van der Waals surface area contributed by atoms with Crippen molar-refractivity contribution in [3.8, 4) is 17.2 Å². The van der Waals surface area contributed by atoms with E-state index in [1.54, 1.807) is 14.2 Å². The quantitative estimate of drug-likeness (QED) is 0.805. The van der Waals surface area contributed by atoms with Crippen LogP contribution < -0.4 is 19.9 Å². The van der Waals surface area contributed by atoms with E-state index in [2.05, 4.69) is 4.90 Å². The van der Waals surface area contributed by atoms with Gasteiger partial charge >= 0.3 is 0 Å². The van der Waals surface area contributed by atoms with Crippen molar-refractivity contribution in [3.63, 3.8) is 0 Å². The Bertz CT molecular complexity index is 422.